The third-order valence-electron chi connectivity index (χ3n) is 4.65. The van der Waals surface area contributed by atoms with E-state index in [1.165, 1.54) is 19.2 Å². The van der Waals surface area contributed by atoms with Gasteiger partial charge in [0.2, 0.25) is 0 Å². The molecule has 7 heteroatoms. The molecule has 1 aliphatic rings. The van der Waals surface area contributed by atoms with Crippen molar-refractivity contribution in [2.24, 2.45) is 0 Å². The molecular weight excluding hydrogens is 342 g/mol. The smallest absolute Gasteiger partial charge is 0.325 e. The average Bonchev–Trinajstić information content (AvgIpc) is 2.90. The first kappa shape index (κ1) is 17.8. The van der Waals surface area contributed by atoms with Crippen LogP contribution in [0.3, 0.4) is 0 Å². The number of hydrogen-bond acceptors (Lipinski definition) is 3. The molecule has 1 saturated heterocycles. The molecule has 1 heterocycles. The third kappa shape index (κ3) is 2.79. The van der Waals surface area contributed by atoms with Crippen LogP contribution in [0.25, 0.3) is 0 Å². The number of rotatable bonds is 5. The highest BCUT2D eigenvalue weighted by atomic mass is 19.2. The van der Waals surface area contributed by atoms with Crippen LogP contribution in [0.1, 0.15) is 24.5 Å². The molecule has 2 aromatic carbocycles. The fourth-order valence-corrected chi connectivity index (χ4v) is 3.13. The number of methoxy groups -OCH3 is 1. The number of ether oxygens (including phenoxy) is 1. The minimum Gasteiger partial charge on any atom is -0.497 e. The van der Waals surface area contributed by atoms with Crippen LogP contribution in [0.5, 0.6) is 5.75 Å². The lowest BCUT2D eigenvalue weighted by Gasteiger charge is -2.26. The van der Waals surface area contributed by atoms with Gasteiger partial charge in [-0.05, 0) is 30.2 Å². The number of urea groups is 1. The van der Waals surface area contributed by atoms with Crippen molar-refractivity contribution in [2.75, 3.05) is 7.11 Å². The van der Waals surface area contributed by atoms with Gasteiger partial charge in [0.15, 0.2) is 11.6 Å². The Morgan fingerprint density at radius 2 is 1.81 bits per heavy atom. The summed E-state index contributed by atoms with van der Waals surface area (Å²) < 4.78 is 32.5. The average molecular weight is 360 g/mol. The predicted octanol–water partition coefficient (Wildman–Crippen LogP) is 3.33. The molecule has 0 radical (unpaired) electrons. The summed E-state index contributed by atoms with van der Waals surface area (Å²) in [6.07, 6.45) is 0.312. The van der Waals surface area contributed by atoms with Crippen LogP contribution in [0.4, 0.5) is 13.6 Å². The number of carbonyl (C=O) groups excluding carboxylic acids is 2. The van der Waals surface area contributed by atoms with E-state index in [0.29, 0.717) is 17.7 Å². The molecule has 5 nitrogen and oxygen atoms in total. The number of nitrogens with one attached hydrogen (secondary N) is 1. The van der Waals surface area contributed by atoms with Crippen LogP contribution in [-0.4, -0.2) is 23.9 Å². The van der Waals surface area contributed by atoms with E-state index in [0.717, 1.165) is 11.0 Å². The van der Waals surface area contributed by atoms with E-state index in [4.69, 9.17) is 4.74 Å². The van der Waals surface area contributed by atoms with E-state index in [-0.39, 0.29) is 12.1 Å². The van der Waals surface area contributed by atoms with Gasteiger partial charge in [-0.1, -0.05) is 31.2 Å². The van der Waals surface area contributed by atoms with E-state index in [1.807, 2.05) is 0 Å². The fourth-order valence-electron chi connectivity index (χ4n) is 3.13. The number of nitrogens with zero attached hydrogens (tertiary/aromatic N) is 1. The Morgan fingerprint density at radius 3 is 2.42 bits per heavy atom. The van der Waals surface area contributed by atoms with Gasteiger partial charge in [0.25, 0.3) is 5.91 Å². The maximum Gasteiger partial charge on any atom is 0.325 e. The summed E-state index contributed by atoms with van der Waals surface area (Å²) in [6.45, 7) is 1.43. The molecule has 3 rings (SSSR count). The summed E-state index contributed by atoms with van der Waals surface area (Å²) in [5.41, 5.74) is -0.704. The molecule has 136 valence electrons. The molecule has 3 amide bonds. The van der Waals surface area contributed by atoms with Crippen molar-refractivity contribution < 1.29 is 23.1 Å². The van der Waals surface area contributed by atoms with E-state index in [9.17, 15) is 18.4 Å². The number of halogens is 2. The molecule has 0 saturated carbocycles. The quantitative estimate of drug-likeness (QED) is 0.832. The first-order chi connectivity index (χ1) is 12.4. The summed E-state index contributed by atoms with van der Waals surface area (Å²) in [5.74, 6) is -1.97. The number of hydrogen-bond donors (Lipinski definition) is 1. The molecular formula is C19H18F2N2O3. The lowest BCUT2D eigenvalue weighted by molar-refractivity contribution is -0.132. The standard InChI is InChI=1S/C19H18F2N2O3/c1-3-19(13-7-9-14(26-2)10-8-13)17(24)23(18(25)22-19)11-12-5-4-6-15(20)16(12)21/h4-10H,3,11H2,1-2H3,(H,22,25)/t19-/m1/s1. The number of carbonyl (C=O) groups is 2. The molecule has 1 atom stereocenters. The molecule has 1 aliphatic heterocycles. The first-order valence-electron chi connectivity index (χ1n) is 8.14. The van der Waals surface area contributed by atoms with Crippen molar-refractivity contribution in [1.29, 1.82) is 0 Å². The van der Waals surface area contributed by atoms with Crippen molar-refractivity contribution in [3.63, 3.8) is 0 Å². The third-order valence-corrected chi connectivity index (χ3v) is 4.65. The van der Waals surface area contributed by atoms with E-state index >= 15 is 0 Å². The predicted molar refractivity (Wildman–Crippen MR) is 90.4 cm³/mol. The SMILES string of the molecule is CC[C@]1(c2ccc(OC)cc2)NC(=O)N(Cc2cccc(F)c2F)C1=O. The van der Waals surface area contributed by atoms with E-state index in [1.54, 1.807) is 31.2 Å². The molecule has 0 unspecified atom stereocenters. The summed E-state index contributed by atoms with van der Waals surface area (Å²) in [5, 5.41) is 2.71. The number of amides is 3. The molecule has 0 bridgehead atoms. The normalized spacial score (nSPS) is 19.6. The Balaban J connectivity index is 1.94. The molecule has 1 fully saturated rings. The Labute approximate surface area is 149 Å². The number of imide groups is 1. The minimum absolute atomic E-state index is 0.0601. The van der Waals surface area contributed by atoms with E-state index in [2.05, 4.69) is 5.32 Å². The second-order valence-corrected chi connectivity index (χ2v) is 6.02. The molecule has 0 spiro atoms. The summed E-state index contributed by atoms with van der Waals surface area (Å²) in [6, 6.07) is 9.82. The first-order valence-corrected chi connectivity index (χ1v) is 8.14. The second kappa shape index (κ2) is 6.74. The Bertz CT molecular complexity index is 854. The summed E-state index contributed by atoms with van der Waals surface area (Å²) in [7, 11) is 1.53. The lowest BCUT2D eigenvalue weighted by atomic mass is 9.87. The monoisotopic (exact) mass is 360 g/mol. The van der Waals surface area contributed by atoms with Crippen LogP contribution < -0.4 is 10.1 Å². The van der Waals surface area contributed by atoms with Gasteiger partial charge in [0.1, 0.15) is 11.3 Å². The van der Waals surface area contributed by atoms with Crippen LogP contribution in [-0.2, 0) is 16.9 Å². The van der Waals surface area contributed by atoms with Crippen molar-refractivity contribution in [3.8, 4) is 5.75 Å². The molecule has 26 heavy (non-hydrogen) atoms. The molecule has 0 aromatic heterocycles. The Hall–Kier alpha value is -2.96. The van der Waals surface area contributed by atoms with Gasteiger partial charge in [-0.25, -0.2) is 13.6 Å². The summed E-state index contributed by atoms with van der Waals surface area (Å²) in [4.78, 5) is 26.3. The highest BCUT2D eigenvalue weighted by Crippen LogP contribution is 2.34. The molecule has 0 aliphatic carbocycles. The molecule has 1 N–H and O–H groups in total. The van der Waals surface area contributed by atoms with Crippen LogP contribution in [0, 0.1) is 11.6 Å². The Kier molecular flexibility index (Phi) is 4.63. The van der Waals surface area contributed by atoms with Gasteiger partial charge < -0.3 is 10.1 Å². The zero-order chi connectivity index (χ0) is 18.9. The highest BCUT2D eigenvalue weighted by molar-refractivity contribution is 6.07. The van der Waals surface area contributed by atoms with Gasteiger partial charge in [0.05, 0.1) is 13.7 Å². The topological polar surface area (TPSA) is 58.6 Å². The van der Waals surface area contributed by atoms with Crippen molar-refractivity contribution in [3.05, 3.63) is 65.2 Å². The van der Waals surface area contributed by atoms with Crippen LogP contribution in [0.15, 0.2) is 42.5 Å². The fraction of sp³-hybridized carbons (Fsp3) is 0.263. The maximum absolute atomic E-state index is 13.9. The van der Waals surface area contributed by atoms with Crippen LogP contribution in [0.2, 0.25) is 0 Å². The van der Waals surface area contributed by atoms with Crippen molar-refractivity contribution in [1.82, 2.24) is 10.2 Å². The zero-order valence-corrected chi connectivity index (χ0v) is 14.4. The van der Waals surface area contributed by atoms with Gasteiger partial charge in [-0.2, -0.15) is 0 Å². The van der Waals surface area contributed by atoms with Gasteiger partial charge in [-0.3, -0.25) is 9.69 Å². The van der Waals surface area contributed by atoms with Crippen molar-refractivity contribution in [2.45, 2.75) is 25.4 Å². The zero-order valence-electron chi connectivity index (χ0n) is 14.4. The Morgan fingerprint density at radius 1 is 1.12 bits per heavy atom. The van der Waals surface area contributed by atoms with Gasteiger partial charge >= 0.3 is 6.03 Å². The lowest BCUT2D eigenvalue weighted by Crippen LogP contribution is -2.43. The molecule has 2 aromatic rings. The van der Waals surface area contributed by atoms with Crippen molar-refractivity contribution >= 4 is 11.9 Å². The van der Waals surface area contributed by atoms with Gasteiger partial charge in [-0.15, -0.1) is 0 Å². The largest absolute Gasteiger partial charge is 0.497 e. The minimum atomic E-state index is -1.24. The maximum atomic E-state index is 13.9. The highest BCUT2D eigenvalue weighted by Gasteiger charge is 2.51. The van der Waals surface area contributed by atoms with Crippen LogP contribution >= 0.6 is 0 Å². The number of benzene rings is 2. The summed E-state index contributed by atoms with van der Waals surface area (Å²) >= 11 is 0. The van der Waals surface area contributed by atoms with E-state index < -0.39 is 29.1 Å². The van der Waals surface area contributed by atoms with Gasteiger partial charge in [0, 0.05) is 5.56 Å². The second-order valence-electron chi connectivity index (χ2n) is 6.02.